The molecule has 0 atom stereocenters. The summed E-state index contributed by atoms with van der Waals surface area (Å²) in [6.45, 7) is 10.1. The maximum Gasteiger partial charge on any atom is 0.317 e. The summed E-state index contributed by atoms with van der Waals surface area (Å²) in [5, 5.41) is 2.93. The largest absolute Gasteiger partial charge is 0.492 e. The molecular formula is C20H30N2O4. The summed E-state index contributed by atoms with van der Waals surface area (Å²) in [6.07, 6.45) is 1.47. The zero-order valence-electron chi connectivity index (χ0n) is 16.0. The number of hydrogen-bond donors (Lipinski definition) is 1. The third kappa shape index (κ3) is 4.68. The van der Waals surface area contributed by atoms with Gasteiger partial charge in [0, 0.05) is 25.9 Å². The SMILES string of the molecule is CC(C)(C)c1cccc(OCCNC(=O)N2CCC3(CC2)OCCO3)c1. The Morgan fingerprint density at radius 1 is 1.23 bits per heavy atom. The quantitative estimate of drug-likeness (QED) is 0.837. The van der Waals surface area contributed by atoms with Crippen LogP contribution in [0.5, 0.6) is 5.75 Å². The number of piperidine rings is 1. The Kier molecular flexibility index (Phi) is 5.73. The summed E-state index contributed by atoms with van der Waals surface area (Å²) in [6, 6.07) is 8.07. The second kappa shape index (κ2) is 7.84. The Labute approximate surface area is 155 Å². The summed E-state index contributed by atoms with van der Waals surface area (Å²) < 4.78 is 17.2. The molecule has 0 saturated carbocycles. The first-order chi connectivity index (χ1) is 12.4. The third-order valence-corrected chi connectivity index (χ3v) is 4.97. The fourth-order valence-corrected chi connectivity index (χ4v) is 3.33. The molecule has 2 amide bonds. The monoisotopic (exact) mass is 362 g/mol. The van der Waals surface area contributed by atoms with Crippen LogP contribution >= 0.6 is 0 Å². The van der Waals surface area contributed by atoms with Crippen molar-refractivity contribution >= 4 is 6.03 Å². The van der Waals surface area contributed by atoms with Gasteiger partial charge in [-0.25, -0.2) is 4.79 Å². The van der Waals surface area contributed by atoms with Crippen LogP contribution in [-0.2, 0) is 14.9 Å². The number of nitrogens with one attached hydrogen (secondary N) is 1. The van der Waals surface area contributed by atoms with Gasteiger partial charge in [0.05, 0.1) is 19.8 Å². The maximum absolute atomic E-state index is 12.3. The van der Waals surface area contributed by atoms with E-state index >= 15 is 0 Å². The van der Waals surface area contributed by atoms with Crippen molar-refractivity contribution in [2.75, 3.05) is 39.5 Å². The molecule has 2 heterocycles. The normalized spacial score (nSPS) is 19.6. The fourth-order valence-electron chi connectivity index (χ4n) is 3.33. The molecule has 0 unspecified atom stereocenters. The molecule has 1 spiro atoms. The molecule has 0 radical (unpaired) electrons. The average molecular weight is 362 g/mol. The van der Waals surface area contributed by atoms with E-state index in [4.69, 9.17) is 14.2 Å². The molecule has 6 heteroatoms. The maximum atomic E-state index is 12.3. The molecule has 2 aliphatic heterocycles. The van der Waals surface area contributed by atoms with Crippen molar-refractivity contribution in [2.24, 2.45) is 0 Å². The van der Waals surface area contributed by atoms with E-state index < -0.39 is 5.79 Å². The molecule has 144 valence electrons. The lowest BCUT2D eigenvalue weighted by molar-refractivity contribution is -0.181. The lowest BCUT2D eigenvalue weighted by Gasteiger charge is -2.37. The molecule has 2 saturated heterocycles. The van der Waals surface area contributed by atoms with Gasteiger partial charge in [-0.05, 0) is 23.1 Å². The first-order valence-electron chi connectivity index (χ1n) is 9.42. The van der Waals surface area contributed by atoms with Gasteiger partial charge < -0.3 is 24.4 Å². The number of carbonyl (C=O) groups is 1. The molecule has 0 bridgehead atoms. The highest BCUT2D eigenvalue weighted by molar-refractivity contribution is 5.74. The van der Waals surface area contributed by atoms with Crippen LogP contribution in [0.3, 0.4) is 0 Å². The van der Waals surface area contributed by atoms with Gasteiger partial charge in [0.2, 0.25) is 0 Å². The van der Waals surface area contributed by atoms with Gasteiger partial charge in [0.15, 0.2) is 5.79 Å². The first kappa shape index (κ1) is 19.0. The van der Waals surface area contributed by atoms with Crippen LogP contribution in [0, 0.1) is 0 Å². The van der Waals surface area contributed by atoms with E-state index in [0.29, 0.717) is 39.5 Å². The van der Waals surface area contributed by atoms with Gasteiger partial charge in [-0.3, -0.25) is 0 Å². The highest BCUT2D eigenvalue weighted by atomic mass is 16.7. The van der Waals surface area contributed by atoms with Crippen LogP contribution in [0.1, 0.15) is 39.2 Å². The van der Waals surface area contributed by atoms with Gasteiger partial charge in [-0.1, -0.05) is 32.9 Å². The Morgan fingerprint density at radius 2 is 1.92 bits per heavy atom. The minimum absolute atomic E-state index is 0.0510. The summed E-state index contributed by atoms with van der Waals surface area (Å²) in [5.74, 6) is 0.389. The van der Waals surface area contributed by atoms with Gasteiger partial charge >= 0.3 is 6.03 Å². The number of amides is 2. The standard InChI is InChI=1S/C20H30N2O4/c1-19(2,3)16-5-4-6-17(15-16)24-12-9-21-18(23)22-10-7-20(8-11-22)25-13-14-26-20/h4-6,15H,7-14H2,1-3H3,(H,21,23). The molecule has 1 aromatic carbocycles. The third-order valence-electron chi connectivity index (χ3n) is 4.97. The molecule has 2 fully saturated rings. The molecule has 3 rings (SSSR count). The van der Waals surface area contributed by atoms with Crippen molar-refractivity contribution in [2.45, 2.75) is 44.8 Å². The molecule has 26 heavy (non-hydrogen) atoms. The molecule has 0 aliphatic carbocycles. The summed E-state index contributed by atoms with van der Waals surface area (Å²) in [4.78, 5) is 14.1. The van der Waals surface area contributed by atoms with Crippen LogP contribution < -0.4 is 10.1 Å². The average Bonchev–Trinajstić information content (AvgIpc) is 3.07. The smallest absolute Gasteiger partial charge is 0.317 e. The number of rotatable bonds is 4. The Hall–Kier alpha value is -1.79. The van der Waals surface area contributed by atoms with Crippen LogP contribution in [0.4, 0.5) is 4.79 Å². The first-order valence-corrected chi connectivity index (χ1v) is 9.42. The second-order valence-corrected chi connectivity index (χ2v) is 7.95. The van der Waals surface area contributed by atoms with Gasteiger partial charge in [0.25, 0.3) is 0 Å². The lowest BCUT2D eigenvalue weighted by atomic mass is 9.87. The van der Waals surface area contributed by atoms with Crippen molar-refractivity contribution < 1.29 is 19.0 Å². The number of hydrogen-bond acceptors (Lipinski definition) is 4. The van der Waals surface area contributed by atoms with Crippen molar-refractivity contribution in [3.63, 3.8) is 0 Å². The second-order valence-electron chi connectivity index (χ2n) is 7.95. The van der Waals surface area contributed by atoms with Crippen molar-refractivity contribution in [3.8, 4) is 5.75 Å². The van der Waals surface area contributed by atoms with Crippen molar-refractivity contribution in [3.05, 3.63) is 29.8 Å². The van der Waals surface area contributed by atoms with Crippen LogP contribution in [0.2, 0.25) is 0 Å². The number of ether oxygens (including phenoxy) is 3. The van der Waals surface area contributed by atoms with Gasteiger partial charge in [0.1, 0.15) is 12.4 Å². The van der Waals surface area contributed by atoms with Crippen molar-refractivity contribution in [1.29, 1.82) is 0 Å². The van der Waals surface area contributed by atoms with Crippen molar-refractivity contribution in [1.82, 2.24) is 10.2 Å². The van der Waals surface area contributed by atoms with E-state index in [9.17, 15) is 4.79 Å². The lowest BCUT2D eigenvalue weighted by Crippen LogP contribution is -2.50. The Morgan fingerprint density at radius 3 is 2.58 bits per heavy atom. The molecule has 2 aliphatic rings. The summed E-state index contributed by atoms with van der Waals surface area (Å²) >= 11 is 0. The topological polar surface area (TPSA) is 60.0 Å². The number of benzene rings is 1. The summed E-state index contributed by atoms with van der Waals surface area (Å²) in [5.41, 5.74) is 1.32. The number of carbonyl (C=O) groups excluding carboxylic acids is 1. The number of likely N-dealkylation sites (tertiary alicyclic amines) is 1. The van der Waals surface area contributed by atoms with E-state index in [0.717, 1.165) is 18.6 Å². The van der Waals surface area contributed by atoms with E-state index in [-0.39, 0.29) is 11.4 Å². The molecule has 1 aromatic rings. The predicted octanol–water partition coefficient (Wildman–Crippen LogP) is 2.91. The van der Waals surface area contributed by atoms with Gasteiger partial charge in [-0.15, -0.1) is 0 Å². The van der Waals surface area contributed by atoms with E-state index in [1.54, 1.807) is 0 Å². The van der Waals surface area contributed by atoms with E-state index in [1.165, 1.54) is 5.56 Å². The van der Waals surface area contributed by atoms with Crippen LogP contribution in [0.15, 0.2) is 24.3 Å². The van der Waals surface area contributed by atoms with E-state index in [2.05, 4.69) is 38.2 Å². The molecular weight excluding hydrogens is 332 g/mol. The Balaban J connectivity index is 1.38. The fraction of sp³-hybridized carbons (Fsp3) is 0.650. The molecule has 1 N–H and O–H groups in total. The van der Waals surface area contributed by atoms with E-state index in [1.807, 2.05) is 17.0 Å². The van der Waals surface area contributed by atoms with Crippen LogP contribution in [-0.4, -0.2) is 56.2 Å². The predicted molar refractivity (Wildman–Crippen MR) is 99.5 cm³/mol. The highest BCUT2D eigenvalue weighted by Gasteiger charge is 2.40. The van der Waals surface area contributed by atoms with Crippen LogP contribution in [0.25, 0.3) is 0 Å². The highest BCUT2D eigenvalue weighted by Crippen LogP contribution is 2.31. The summed E-state index contributed by atoms with van der Waals surface area (Å²) in [7, 11) is 0. The molecule has 0 aromatic heterocycles. The molecule has 6 nitrogen and oxygen atoms in total. The van der Waals surface area contributed by atoms with Gasteiger partial charge in [-0.2, -0.15) is 0 Å². The zero-order valence-corrected chi connectivity index (χ0v) is 16.0. The number of nitrogens with zero attached hydrogens (tertiary/aromatic N) is 1. The number of urea groups is 1. The minimum atomic E-state index is -0.446. The zero-order chi connectivity index (χ0) is 18.6. The Bertz CT molecular complexity index is 610. The minimum Gasteiger partial charge on any atom is -0.492 e.